The van der Waals surface area contributed by atoms with E-state index in [1.807, 2.05) is 13.0 Å². The van der Waals surface area contributed by atoms with Crippen LogP contribution in [0.25, 0.3) is 5.57 Å². The third-order valence-corrected chi connectivity index (χ3v) is 3.05. The first-order valence-corrected chi connectivity index (χ1v) is 6.16. The highest BCUT2D eigenvalue weighted by atomic mass is 32.1. The number of rotatable bonds is 5. The molecular formula is C11H18N4S. The molecule has 1 heterocycles. The van der Waals surface area contributed by atoms with Gasteiger partial charge in [-0.25, -0.2) is 4.98 Å². The maximum absolute atomic E-state index is 5.75. The van der Waals surface area contributed by atoms with Crippen molar-refractivity contribution in [3.8, 4) is 0 Å². The number of anilines is 1. The summed E-state index contributed by atoms with van der Waals surface area (Å²) >= 11 is 1.56. The molecule has 0 saturated carbocycles. The van der Waals surface area contributed by atoms with E-state index < -0.39 is 0 Å². The van der Waals surface area contributed by atoms with Gasteiger partial charge in [0.05, 0.1) is 11.9 Å². The highest BCUT2D eigenvalue weighted by molar-refractivity contribution is 7.15. The molecule has 0 saturated heterocycles. The predicted molar refractivity (Wildman–Crippen MR) is 71.7 cm³/mol. The van der Waals surface area contributed by atoms with Crippen molar-refractivity contribution >= 4 is 28.3 Å². The van der Waals surface area contributed by atoms with Crippen molar-refractivity contribution in [1.29, 1.82) is 0 Å². The van der Waals surface area contributed by atoms with Crippen LogP contribution >= 0.6 is 11.3 Å². The molecule has 5 heteroatoms. The van der Waals surface area contributed by atoms with Crippen LogP contribution in [0.3, 0.4) is 0 Å². The second-order valence-electron chi connectivity index (χ2n) is 3.30. The Kier molecular flexibility index (Phi) is 4.98. The van der Waals surface area contributed by atoms with Gasteiger partial charge in [0.15, 0.2) is 5.13 Å². The van der Waals surface area contributed by atoms with Crippen LogP contribution in [0.15, 0.2) is 11.2 Å². The second kappa shape index (κ2) is 6.27. The molecule has 1 rings (SSSR count). The molecule has 1 aromatic rings. The quantitative estimate of drug-likeness (QED) is 0.611. The molecule has 0 aliphatic rings. The Labute approximate surface area is 100 Å². The van der Waals surface area contributed by atoms with Crippen LogP contribution in [0.2, 0.25) is 0 Å². The van der Waals surface area contributed by atoms with Crippen LogP contribution in [0.5, 0.6) is 0 Å². The van der Waals surface area contributed by atoms with Gasteiger partial charge < -0.3 is 11.2 Å². The zero-order chi connectivity index (χ0) is 12.0. The largest absolute Gasteiger partial charge is 0.375 e. The smallest absolute Gasteiger partial charge is 0.180 e. The Morgan fingerprint density at radius 2 is 2.38 bits per heavy atom. The van der Waals surface area contributed by atoms with E-state index in [1.54, 1.807) is 24.6 Å². The summed E-state index contributed by atoms with van der Waals surface area (Å²) in [6.45, 7) is 4.12. The number of hydrogen-bond donors (Lipinski definition) is 2. The van der Waals surface area contributed by atoms with E-state index in [-0.39, 0.29) is 0 Å². The second-order valence-corrected chi connectivity index (χ2v) is 4.41. The van der Waals surface area contributed by atoms with Crippen LogP contribution in [0.4, 0.5) is 5.13 Å². The molecule has 0 atom stereocenters. The molecule has 0 radical (unpaired) electrons. The van der Waals surface area contributed by atoms with E-state index in [0.717, 1.165) is 24.1 Å². The lowest BCUT2D eigenvalue weighted by Crippen LogP contribution is -1.98. The van der Waals surface area contributed by atoms with Crippen molar-refractivity contribution in [2.75, 3.05) is 12.8 Å². The lowest BCUT2D eigenvalue weighted by Gasteiger charge is -2.00. The fraction of sp³-hybridized carbons (Fsp3) is 0.455. The molecule has 0 bridgehead atoms. The number of allylic oxidation sites excluding steroid dienone is 2. The number of nitrogen functional groups attached to an aromatic ring is 1. The van der Waals surface area contributed by atoms with E-state index in [1.165, 1.54) is 4.88 Å². The molecule has 0 amide bonds. The zero-order valence-electron chi connectivity index (χ0n) is 9.95. The zero-order valence-corrected chi connectivity index (χ0v) is 10.8. The Hall–Kier alpha value is -1.36. The highest BCUT2D eigenvalue weighted by Crippen LogP contribution is 2.26. The summed E-state index contributed by atoms with van der Waals surface area (Å²) in [4.78, 5) is 5.59. The molecule has 0 aromatic carbocycles. The van der Waals surface area contributed by atoms with Gasteiger partial charge in [0.1, 0.15) is 0 Å². The lowest BCUT2D eigenvalue weighted by atomic mass is 10.1. The van der Waals surface area contributed by atoms with Gasteiger partial charge in [-0.05, 0) is 13.3 Å². The van der Waals surface area contributed by atoms with Gasteiger partial charge in [-0.1, -0.05) is 19.4 Å². The average Bonchev–Trinajstić information content (AvgIpc) is 2.62. The van der Waals surface area contributed by atoms with Gasteiger partial charge in [0.2, 0.25) is 0 Å². The Balaban J connectivity index is 3.04. The van der Waals surface area contributed by atoms with Crippen LogP contribution in [0, 0.1) is 0 Å². The first-order chi connectivity index (χ1) is 7.72. The highest BCUT2D eigenvalue weighted by Gasteiger charge is 2.11. The van der Waals surface area contributed by atoms with Crippen molar-refractivity contribution < 1.29 is 0 Å². The fourth-order valence-corrected chi connectivity index (χ4v) is 2.35. The average molecular weight is 238 g/mol. The summed E-state index contributed by atoms with van der Waals surface area (Å²) < 4.78 is 0. The molecule has 0 aliphatic carbocycles. The number of thiazole rings is 1. The molecule has 3 N–H and O–H groups in total. The van der Waals surface area contributed by atoms with Crippen LogP contribution in [-0.4, -0.2) is 18.2 Å². The third kappa shape index (κ3) is 3.06. The van der Waals surface area contributed by atoms with E-state index >= 15 is 0 Å². The maximum atomic E-state index is 5.75. The number of aryl methyl sites for hydroxylation is 1. The standard InChI is InChI=1S/C11H18N4S/c1-4-6-9-10(15-11(12)16-9)8(5-2)7-14-13-3/h5,7,13H,4,6H2,1-3H3,(H2,12,15)/b8-5+,14-7-. The van der Waals surface area contributed by atoms with Crippen molar-refractivity contribution in [2.45, 2.75) is 26.7 Å². The van der Waals surface area contributed by atoms with Crippen LogP contribution in [-0.2, 0) is 6.42 Å². The molecule has 0 spiro atoms. The molecule has 4 nitrogen and oxygen atoms in total. The lowest BCUT2D eigenvalue weighted by molar-refractivity contribution is 0.908. The summed E-state index contributed by atoms with van der Waals surface area (Å²) in [5.74, 6) is 0. The summed E-state index contributed by atoms with van der Waals surface area (Å²) in [6.07, 6.45) is 5.87. The maximum Gasteiger partial charge on any atom is 0.180 e. The van der Waals surface area contributed by atoms with Crippen molar-refractivity contribution in [2.24, 2.45) is 5.10 Å². The summed E-state index contributed by atoms with van der Waals surface area (Å²) in [5, 5.41) is 4.63. The van der Waals surface area contributed by atoms with Gasteiger partial charge in [0.25, 0.3) is 0 Å². The monoisotopic (exact) mass is 238 g/mol. The number of nitrogens with two attached hydrogens (primary N) is 1. The van der Waals surface area contributed by atoms with Gasteiger partial charge in [-0.15, -0.1) is 11.3 Å². The number of nitrogens with zero attached hydrogens (tertiary/aromatic N) is 2. The van der Waals surface area contributed by atoms with E-state index in [9.17, 15) is 0 Å². The Morgan fingerprint density at radius 3 is 2.94 bits per heavy atom. The number of nitrogens with one attached hydrogen (secondary N) is 1. The van der Waals surface area contributed by atoms with E-state index in [0.29, 0.717) is 5.13 Å². The number of hydrogen-bond acceptors (Lipinski definition) is 5. The van der Waals surface area contributed by atoms with Crippen molar-refractivity contribution in [3.63, 3.8) is 0 Å². The predicted octanol–water partition coefficient (Wildman–Crippen LogP) is 2.29. The first-order valence-electron chi connectivity index (χ1n) is 5.34. The Morgan fingerprint density at radius 1 is 1.62 bits per heavy atom. The van der Waals surface area contributed by atoms with Gasteiger partial charge in [-0.3, -0.25) is 0 Å². The summed E-state index contributed by atoms with van der Waals surface area (Å²) in [7, 11) is 1.77. The van der Waals surface area contributed by atoms with Crippen molar-refractivity contribution in [1.82, 2.24) is 10.4 Å². The van der Waals surface area contributed by atoms with Crippen LogP contribution in [0.1, 0.15) is 30.8 Å². The van der Waals surface area contributed by atoms with E-state index in [2.05, 4.69) is 22.4 Å². The minimum atomic E-state index is 0.621. The Bertz CT molecular complexity index is 393. The molecule has 0 unspecified atom stereocenters. The molecule has 16 heavy (non-hydrogen) atoms. The molecular weight excluding hydrogens is 220 g/mol. The number of hydrazone groups is 1. The number of aromatic nitrogens is 1. The normalized spacial score (nSPS) is 12.3. The fourth-order valence-electron chi connectivity index (χ4n) is 1.40. The van der Waals surface area contributed by atoms with Crippen LogP contribution < -0.4 is 11.2 Å². The van der Waals surface area contributed by atoms with E-state index in [4.69, 9.17) is 5.73 Å². The van der Waals surface area contributed by atoms with Crippen molar-refractivity contribution in [3.05, 3.63) is 16.6 Å². The van der Waals surface area contributed by atoms with Gasteiger partial charge in [0, 0.05) is 17.5 Å². The SMILES string of the molecule is C/C=C(\C=N/NC)c1nc(N)sc1CCC. The van der Waals surface area contributed by atoms with Gasteiger partial charge >= 0.3 is 0 Å². The minimum absolute atomic E-state index is 0.621. The minimum Gasteiger partial charge on any atom is -0.375 e. The molecule has 0 fully saturated rings. The first kappa shape index (κ1) is 12.7. The van der Waals surface area contributed by atoms with Gasteiger partial charge in [-0.2, -0.15) is 5.10 Å². The molecule has 0 aliphatic heterocycles. The summed E-state index contributed by atoms with van der Waals surface area (Å²) in [5.41, 5.74) is 10.5. The molecule has 1 aromatic heterocycles. The topological polar surface area (TPSA) is 63.3 Å². The molecule has 88 valence electrons. The summed E-state index contributed by atoms with van der Waals surface area (Å²) in [6, 6.07) is 0. The third-order valence-electron chi connectivity index (χ3n) is 2.11.